The molecule has 0 aromatic heterocycles. The summed E-state index contributed by atoms with van der Waals surface area (Å²) in [7, 11) is 6.56. The Balaban J connectivity index is 1.57. The van der Waals surface area contributed by atoms with Gasteiger partial charge in [0.1, 0.15) is 17.2 Å². The summed E-state index contributed by atoms with van der Waals surface area (Å²) in [5, 5.41) is 2.97. The molecule has 0 spiro atoms. The van der Waals surface area contributed by atoms with Crippen LogP contribution in [0.2, 0.25) is 0 Å². The molecule has 168 valence electrons. The van der Waals surface area contributed by atoms with Gasteiger partial charge in [0.2, 0.25) is 5.91 Å². The number of anilines is 2. The van der Waals surface area contributed by atoms with Crippen molar-refractivity contribution in [3.8, 4) is 17.2 Å². The Bertz CT molecular complexity index is 836. The maximum absolute atomic E-state index is 12.5. The van der Waals surface area contributed by atoms with Crippen molar-refractivity contribution in [3.63, 3.8) is 0 Å². The van der Waals surface area contributed by atoms with Gasteiger partial charge in [-0.05, 0) is 43.5 Å². The van der Waals surface area contributed by atoms with Crippen LogP contribution in [0.3, 0.4) is 0 Å². The van der Waals surface area contributed by atoms with E-state index in [0.29, 0.717) is 36.2 Å². The molecule has 3 rings (SSSR count). The molecule has 1 aliphatic heterocycles. The number of nitrogens with one attached hydrogen (secondary N) is 1. The van der Waals surface area contributed by atoms with Gasteiger partial charge in [0.05, 0.1) is 27.4 Å². The first-order chi connectivity index (χ1) is 15.1. The average molecular weight is 429 g/mol. The third kappa shape index (κ3) is 5.82. The number of benzene rings is 2. The van der Waals surface area contributed by atoms with Crippen LogP contribution in [0, 0.1) is 0 Å². The number of amides is 1. The molecule has 0 saturated carbocycles. The second kappa shape index (κ2) is 10.9. The van der Waals surface area contributed by atoms with E-state index in [1.54, 1.807) is 40.6 Å². The standard InChI is InChI=1S/C24H32N2O5/c1-28-19-11-13-26(14-12-19)18-7-5-17(6-8-18)25-24(27)10-9-21-22(30-3)15-20(29-2)16-23(21)31-4/h5-8,15-16,19H,9-14H2,1-4H3,(H,25,27). The molecule has 31 heavy (non-hydrogen) atoms. The summed E-state index contributed by atoms with van der Waals surface area (Å²) < 4.78 is 21.6. The van der Waals surface area contributed by atoms with Crippen molar-refractivity contribution in [2.24, 2.45) is 0 Å². The highest BCUT2D eigenvalue weighted by atomic mass is 16.5. The van der Waals surface area contributed by atoms with E-state index in [0.717, 1.165) is 37.2 Å². The number of carbonyl (C=O) groups is 1. The summed E-state index contributed by atoms with van der Waals surface area (Å²) in [6, 6.07) is 11.6. The molecule has 1 N–H and O–H groups in total. The van der Waals surface area contributed by atoms with Crippen molar-refractivity contribution in [2.75, 3.05) is 51.7 Å². The number of methoxy groups -OCH3 is 4. The highest BCUT2D eigenvalue weighted by Gasteiger charge is 2.19. The van der Waals surface area contributed by atoms with E-state index in [1.165, 1.54) is 5.69 Å². The van der Waals surface area contributed by atoms with Crippen molar-refractivity contribution < 1.29 is 23.7 Å². The van der Waals surface area contributed by atoms with Gasteiger partial charge in [-0.3, -0.25) is 4.79 Å². The van der Waals surface area contributed by atoms with E-state index in [2.05, 4.69) is 22.3 Å². The number of hydrogen-bond donors (Lipinski definition) is 1. The fourth-order valence-corrected chi connectivity index (χ4v) is 3.89. The molecule has 0 bridgehead atoms. The molecule has 0 unspecified atom stereocenters. The van der Waals surface area contributed by atoms with Crippen molar-refractivity contribution in [1.82, 2.24) is 0 Å². The van der Waals surface area contributed by atoms with Gasteiger partial charge >= 0.3 is 0 Å². The van der Waals surface area contributed by atoms with Crippen molar-refractivity contribution in [3.05, 3.63) is 42.0 Å². The summed E-state index contributed by atoms with van der Waals surface area (Å²) >= 11 is 0. The topological polar surface area (TPSA) is 69.3 Å². The van der Waals surface area contributed by atoms with Crippen LogP contribution in [-0.4, -0.2) is 53.5 Å². The fourth-order valence-electron chi connectivity index (χ4n) is 3.89. The minimum atomic E-state index is -0.0615. The average Bonchev–Trinajstić information content (AvgIpc) is 2.82. The molecule has 1 saturated heterocycles. The van der Waals surface area contributed by atoms with Crippen LogP contribution in [0.5, 0.6) is 17.2 Å². The van der Waals surface area contributed by atoms with Crippen LogP contribution in [0.25, 0.3) is 0 Å². The summed E-state index contributed by atoms with van der Waals surface area (Å²) in [6.07, 6.45) is 3.23. The first kappa shape index (κ1) is 22.7. The molecule has 1 amide bonds. The lowest BCUT2D eigenvalue weighted by Crippen LogP contribution is -2.36. The van der Waals surface area contributed by atoms with Crippen molar-refractivity contribution in [2.45, 2.75) is 31.8 Å². The van der Waals surface area contributed by atoms with Gasteiger partial charge in [-0.1, -0.05) is 0 Å². The zero-order chi connectivity index (χ0) is 22.2. The third-order valence-electron chi connectivity index (χ3n) is 5.71. The highest BCUT2D eigenvalue weighted by molar-refractivity contribution is 5.91. The molecule has 1 fully saturated rings. The SMILES string of the molecule is COc1cc(OC)c(CCC(=O)Nc2ccc(N3CCC(OC)CC3)cc2)c(OC)c1. The Morgan fingerprint density at radius 1 is 0.968 bits per heavy atom. The minimum absolute atomic E-state index is 0.0615. The molecule has 7 heteroatoms. The van der Waals surface area contributed by atoms with Crippen LogP contribution in [0.15, 0.2) is 36.4 Å². The Labute approximate surface area is 184 Å². The summed E-state index contributed by atoms with van der Waals surface area (Å²) in [6.45, 7) is 1.96. The Kier molecular flexibility index (Phi) is 8.00. The zero-order valence-corrected chi connectivity index (χ0v) is 18.8. The van der Waals surface area contributed by atoms with Crippen molar-refractivity contribution >= 4 is 17.3 Å². The van der Waals surface area contributed by atoms with Gasteiger partial charge in [0, 0.05) is 55.7 Å². The van der Waals surface area contributed by atoms with Crippen LogP contribution in [-0.2, 0) is 16.0 Å². The van der Waals surface area contributed by atoms with Gasteiger partial charge in [0.25, 0.3) is 0 Å². The second-order valence-corrected chi connectivity index (χ2v) is 7.53. The normalized spacial score (nSPS) is 14.3. The number of hydrogen-bond acceptors (Lipinski definition) is 6. The first-order valence-electron chi connectivity index (χ1n) is 10.5. The van der Waals surface area contributed by atoms with E-state index in [4.69, 9.17) is 18.9 Å². The summed E-state index contributed by atoms with van der Waals surface area (Å²) in [5.41, 5.74) is 2.80. The molecule has 0 aliphatic carbocycles. The van der Waals surface area contributed by atoms with Gasteiger partial charge in [-0.15, -0.1) is 0 Å². The first-order valence-corrected chi connectivity index (χ1v) is 10.5. The monoisotopic (exact) mass is 428 g/mol. The number of rotatable bonds is 9. The van der Waals surface area contributed by atoms with E-state index >= 15 is 0 Å². The van der Waals surface area contributed by atoms with Crippen LogP contribution in [0.1, 0.15) is 24.8 Å². The van der Waals surface area contributed by atoms with E-state index in [9.17, 15) is 4.79 Å². The molecule has 1 heterocycles. The fraction of sp³-hybridized carbons (Fsp3) is 0.458. The molecule has 7 nitrogen and oxygen atoms in total. The Morgan fingerprint density at radius 2 is 1.58 bits per heavy atom. The molecule has 2 aromatic carbocycles. The largest absolute Gasteiger partial charge is 0.496 e. The number of ether oxygens (including phenoxy) is 4. The molecular weight excluding hydrogens is 396 g/mol. The molecular formula is C24H32N2O5. The van der Waals surface area contributed by atoms with Crippen LogP contribution < -0.4 is 24.4 Å². The minimum Gasteiger partial charge on any atom is -0.496 e. The maximum Gasteiger partial charge on any atom is 0.224 e. The van der Waals surface area contributed by atoms with E-state index in [-0.39, 0.29) is 5.91 Å². The van der Waals surface area contributed by atoms with Gasteiger partial charge in [-0.25, -0.2) is 0 Å². The molecule has 0 radical (unpaired) electrons. The van der Waals surface area contributed by atoms with E-state index in [1.807, 2.05) is 12.1 Å². The summed E-state index contributed by atoms with van der Waals surface area (Å²) in [4.78, 5) is 14.9. The lowest BCUT2D eigenvalue weighted by Gasteiger charge is -2.33. The number of nitrogens with zero attached hydrogens (tertiary/aromatic N) is 1. The lowest BCUT2D eigenvalue weighted by molar-refractivity contribution is -0.116. The van der Waals surface area contributed by atoms with Crippen molar-refractivity contribution in [1.29, 1.82) is 0 Å². The zero-order valence-electron chi connectivity index (χ0n) is 18.8. The summed E-state index contributed by atoms with van der Waals surface area (Å²) in [5.74, 6) is 1.87. The number of piperidine rings is 1. The number of carbonyl (C=O) groups excluding carboxylic acids is 1. The molecule has 0 atom stereocenters. The molecule has 2 aromatic rings. The van der Waals surface area contributed by atoms with Gasteiger partial charge in [0.15, 0.2) is 0 Å². The Morgan fingerprint density at radius 3 is 2.10 bits per heavy atom. The lowest BCUT2D eigenvalue weighted by atomic mass is 10.1. The predicted molar refractivity (Wildman–Crippen MR) is 122 cm³/mol. The highest BCUT2D eigenvalue weighted by Crippen LogP contribution is 2.35. The molecule has 1 aliphatic rings. The van der Waals surface area contributed by atoms with E-state index < -0.39 is 0 Å². The third-order valence-corrected chi connectivity index (χ3v) is 5.71. The smallest absolute Gasteiger partial charge is 0.224 e. The maximum atomic E-state index is 12.5. The second-order valence-electron chi connectivity index (χ2n) is 7.53. The Hall–Kier alpha value is -2.93. The quantitative estimate of drug-likeness (QED) is 0.653. The van der Waals surface area contributed by atoms with Crippen LogP contribution in [0.4, 0.5) is 11.4 Å². The van der Waals surface area contributed by atoms with Gasteiger partial charge in [-0.2, -0.15) is 0 Å². The van der Waals surface area contributed by atoms with Gasteiger partial charge < -0.3 is 29.2 Å². The van der Waals surface area contributed by atoms with Crippen LogP contribution >= 0.6 is 0 Å². The predicted octanol–water partition coefficient (Wildman–Crippen LogP) is 3.90.